The molecule has 0 fully saturated rings. The third-order valence-corrected chi connectivity index (χ3v) is 2.08. The largest absolute Gasteiger partial charge is 0.417 e. The second-order valence-corrected chi connectivity index (χ2v) is 3.33. The van der Waals surface area contributed by atoms with E-state index in [1.54, 1.807) is 6.92 Å². The Bertz CT molecular complexity index is 529. The van der Waals surface area contributed by atoms with Gasteiger partial charge in [-0.15, -0.1) is 5.10 Å². The van der Waals surface area contributed by atoms with Crippen LogP contribution in [-0.2, 0) is 6.18 Å². The van der Waals surface area contributed by atoms with Crippen LogP contribution in [0.1, 0.15) is 11.4 Å². The number of pyridine rings is 1. The van der Waals surface area contributed by atoms with E-state index >= 15 is 0 Å². The Hall–Kier alpha value is -2.12. The van der Waals surface area contributed by atoms with Gasteiger partial charge < -0.3 is 5.73 Å². The first kappa shape index (κ1) is 11.4. The van der Waals surface area contributed by atoms with Crippen molar-refractivity contribution in [1.29, 1.82) is 0 Å². The Morgan fingerprint density at radius 3 is 2.41 bits per heavy atom. The highest BCUT2D eigenvalue weighted by molar-refractivity contribution is 5.29. The van der Waals surface area contributed by atoms with Crippen molar-refractivity contribution < 1.29 is 13.2 Å². The zero-order chi connectivity index (χ0) is 12.6. The van der Waals surface area contributed by atoms with Crippen LogP contribution in [0.4, 0.5) is 19.1 Å². The number of aromatic nitrogens is 4. The van der Waals surface area contributed by atoms with Gasteiger partial charge in [0, 0.05) is 6.20 Å². The van der Waals surface area contributed by atoms with Crippen LogP contribution in [-0.4, -0.2) is 19.7 Å². The lowest BCUT2D eigenvalue weighted by molar-refractivity contribution is -0.137. The maximum Gasteiger partial charge on any atom is 0.417 e. The van der Waals surface area contributed by atoms with Crippen LogP contribution in [0.25, 0.3) is 5.82 Å². The standard InChI is InChI=1S/C9H8F3N5/c1-5-15-8(13)16-17(5)7-3-2-6(4-14-7)9(10,11)12/h2-4H,1H3,(H2,13,16). The number of hydrogen-bond donors (Lipinski definition) is 1. The summed E-state index contributed by atoms with van der Waals surface area (Å²) in [6.45, 7) is 1.63. The SMILES string of the molecule is Cc1nc(N)nn1-c1ccc(C(F)(F)F)cn1. The van der Waals surface area contributed by atoms with Crippen LogP contribution in [0.2, 0.25) is 0 Å². The average Bonchev–Trinajstić information content (AvgIpc) is 2.57. The summed E-state index contributed by atoms with van der Waals surface area (Å²) >= 11 is 0. The first-order chi connectivity index (χ1) is 7.88. The van der Waals surface area contributed by atoms with Crippen LogP contribution in [0.15, 0.2) is 18.3 Å². The van der Waals surface area contributed by atoms with Crippen molar-refractivity contribution >= 4 is 5.95 Å². The van der Waals surface area contributed by atoms with Gasteiger partial charge in [-0.1, -0.05) is 0 Å². The van der Waals surface area contributed by atoms with Gasteiger partial charge in [0.2, 0.25) is 5.95 Å². The molecule has 5 nitrogen and oxygen atoms in total. The zero-order valence-corrected chi connectivity index (χ0v) is 8.73. The predicted octanol–water partition coefficient (Wildman–Crippen LogP) is 1.57. The first-order valence-electron chi connectivity index (χ1n) is 4.60. The number of hydrogen-bond acceptors (Lipinski definition) is 4. The fourth-order valence-corrected chi connectivity index (χ4v) is 1.31. The molecule has 2 aromatic heterocycles. The van der Waals surface area contributed by atoms with Crippen molar-refractivity contribution in [2.75, 3.05) is 5.73 Å². The molecule has 0 radical (unpaired) electrons. The zero-order valence-electron chi connectivity index (χ0n) is 8.73. The molecule has 0 saturated heterocycles. The normalized spacial score (nSPS) is 11.8. The van der Waals surface area contributed by atoms with Gasteiger partial charge >= 0.3 is 6.18 Å². The minimum Gasteiger partial charge on any atom is -0.366 e. The lowest BCUT2D eigenvalue weighted by Gasteiger charge is -2.07. The summed E-state index contributed by atoms with van der Waals surface area (Å²) in [6.07, 6.45) is -3.66. The smallest absolute Gasteiger partial charge is 0.366 e. The van der Waals surface area contributed by atoms with Gasteiger partial charge in [0.15, 0.2) is 5.82 Å². The summed E-state index contributed by atoms with van der Waals surface area (Å²) in [5.41, 5.74) is 4.55. The topological polar surface area (TPSA) is 69.6 Å². The number of halogens is 3. The summed E-state index contributed by atoms with van der Waals surface area (Å²) in [7, 11) is 0. The second kappa shape index (κ2) is 3.72. The molecule has 0 aliphatic carbocycles. The highest BCUT2D eigenvalue weighted by atomic mass is 19.4. The molecule has 2 aromatic rings. The molecular weight excluding hydrogens is 235 g/mol. The van der Waals surface area contributed by atoms with E-state index in [1.165, 1.54) is 10.7 Å². The van der Waals surface area contributed by atoms with Crippen molar-refractivity contribution in [2.45, 2.75) is 13.1 Å². The summed E-state index contributed by atoms with van der Waals surface area (Å²) in [5, 5.41) is 3.81. The first-order valence-corrected chi connectivity index (χ1v) is 4.60. The predicted molar refractivity (Wildman–Crippen MR) is 53.3 cm³/mol. The van der Waals surface area contributed by atoms with Crippen LogP contribution in [0.5, 0.6) is 0 Å². The minimum atomic E-state index is -4.40. The van der Waals surface area contributed by atoms with E-state index in [2.05, 4.69) is 15.1 Å². The third-order valence-electron chi connectivity index (χ3n) is 2.08. The highest BCUT2D eigenvalue weighted by Gasteiger charge is 2.30. The lowest BCUT2D eigenvalue weighted by atomic mass is 10.3. The van der Waals surface area contributed by atoms with Crippen molar-refractivity contribution in [1.82, 2.24) is 19.7 Å². The quantitative estimate of drug-likeness (QED) is 0.825. The van der Waals surface area contributed by atoms with Crippen LogP contribution in [0.3, 0.4) is 0 Å². The Morgan fingerprint density at radius 1 is 1.29 bits per heavy atom. The number of rotatable bonds is 1. The number of nitrogens with two attached hydrogens (primary N) is 1. The molecular formula is C9H8F3N5. The molecule has 0 aliphatic rings. The van der Waals surface area contributed by atoms with E-state index in [1.807, 2.05) is 0 Å². The molecule has 0 aliphatic heterocycles. The molecule has 0 atom stereocenters. The highest BCUT2D eigenvalue weighted by Crippen LogP contribution is 2.28. The van der Waals surface area contributed by atoms with Gasteiger partial charge in [-0.05, 0) is 19.1 Å². The number of anilines is 1. The van der Waals surface area contributed by atoms with Crippen molar-refractivity contribution in [3.8, 4) is 5.82 Å². The Kier molecular flexibility index (Phi) is 2.49. The summed E-state index contributed by atoms with van der Waals surface area (Å²) in [4.78, 5) is 7.50. The fourth-order valence-electron chi connectivity index (χ4n) is 1.31. The number of nitrogens with zero attached hydrogens (tertiary/aromatic N) is 4. The molecule has 0 spiro atoms. The molecule has 2 rings (SSSR count). The van der Waals surface area contributed by atoms with Gasteiger partial charge in [-0.2, -0.15) is 22.8 Å². The molecule has 0 bridgehead atoms. The van der Waals surface area contributed by atoms with Crippen molar-refractivity contribution in [2.24, 2.45) is 0 Å². The molecule has 0 amide bonds. The average molecular weight is 243 g/mol. The Labute approximate surface area is 94.1 Å². The number of alkyl halides is 3. The van der Waals surface area contributed by atoms with Crippen molar-refractivity contribution in [3.05, 3.63) is 29.7 Å². The molecule has 17 heavy (non-hydrogen) atoms. The van der Waals surface area contributed by atoms with E-state index < -0.39 is 11.7 Å². The van der Waals surface area contributed by atoms with E-state index in [0.717, 1.165) is 12.3 Å². The number of aryl methyl sites for hydroxylation is 1. The summed E-state index contributed by atoms with van der Waals surface area (Å²) in [6, 6.07) is 2.14. The van der Waals surface area contributed by atoms with Crippen LogP contribution >= 0.6 is 0 Å². The van der Waals surface area contributed by atoms with Gasteiger partial charge in [0.1, 0.15) is 5.82 Å². The van der Waals surface area contributed by atoms with Crippen molar-refractivity contribution in [3.63, 3.8) is 0 Å². The molecule has 2 N–H and O–H groups in total. The third kappa shape index (κ3) is 2.19. The van der Waals surface area contributed by atoms with E-state index in [9.17, 15) is 13.2 Å². The summed E-state index contributed by atoms with van der Waals surface area (Å²) in [5.74, 6) is 0.735. The molecule has 2 heterocycles. The van der Waals surface area contributed by atoms with E-state index in [0.29, 0.717) is 5.82 Å². The monoisotopic (exact) mass is 243 g/mol. The van der Waals surface area contributed by atoms with E-state index in [-0.39, 0.29) is 11.8 Å². The van der Waals surface area contributed by atoms with Crippen LogP contribution < -0.4 is 5.73 Å². The van der Waals surface area contributed by atoms with Gasteiger partial charge in [0.25, 0.3) is 0 Å². The van der Waals surface area contributed by atoms with Gasteiger partial charge in [-0.3, -0.25) is 0 Å². The lowest BCUT2D eigenvalue weighted by Crippen LogP contribution is -2.08. The minimum absolute atomic E-state index is 0.0456. The van der Waals surface area contributed by atoms with Gasteiger partial charge in [0.05, 0.1) is 5.56 Å². The molecule has 0 unspecified atom stereocenters. The molecule has 0 saturated carbocycles. The second-order valence-electron chi connectivity index (χ2n) is 3.33. The molecule has 90 valence electrons. The van der Waals surface area contributed by atoms with E-state index in [4.69, 9.17) is 5.73 Å². The number of nitrogen functional groups attached to an aromatic ring is 1. The molecule has 8 heteroatoms. The Balaban J connectivity index is 2.39. The molecule has 0 aromatic carbocycles. The van der Waals surface area contributed by atoms with Crippen LogP contribution in [0, 0.1) is 6.92 Å². The summed E-state index contributed by atoms with van der Waals surface area (Å²) < 4.78 is 38.2. The fraction of sp³-hybridized carbons (Fsp3) is 0.222. The maximum absolute atomic E-state index is 12.3. The Morgan fingerprint density at radius 2 is 2.00 bits per heavy atom. The maximum atomic E-state index is 12.3. The van der Waals surface area contributed by atoms with Gasteiger partial charge in [-0.25, -0.2) is 4.98 Å².